The molecule has 2 amide bonds. The lowest BCUT2D eigenvalue weighted by atomic mass is 9.85. The van der Waals surface area contributed by atoms with Crippen LogP contribution in [0, 0.1) is 0 Å². The van der Waals surface area contributed by atoms with Crippen LogP contribution in [0.5, 0.6) is 0 Å². The Morgan fingerprint density at radius 2 is 1.95 bits per heavy atom. The topological polar surface area (TPSA) is 170 Å². The molecule has 0 aliphatic carbocycles. The van der Waals surface area contributed by atoms with Crippen molar-refractivity contribution in [3.63, 3.8) is 0 Å². The SMILES string of the molecule is CC(C(N)=O)N1CC(O)(C(O)(O)C(C)(N)O)CC1=O. The van der Waals surface area contributed by atoms with Gasteiger partial charge in [0.2, 0.25) is 17.6 Å². The maximum atomic E-state index is 11.7. The largest absolute Gasteiger partial charge is 0.382 e. The third-order valence-electron chi connectivity index (χ3n) is 3.43. The van der Waals surface area contributed by atoms with E-state index in [1.165, 1.54) is 6.92 Å². The Morgan fingerprint density at radius 3 is 2.32 bits per heavy atom. The van der Waals surface area contributed by atoms with E-state index in [-0.39, 0.29) is 0 Å². The summed E-state index contributed by atoms with van der Waals surface area (Å²) in [5.74, 6) is -4.65. The standard InChI is InChI=1S/C10H19N3O6/c1-5(7(11)15)13-4-9(17,3-6(13)14)10(18,19)8(2,12)16/h5,16-19H,3-4,12H2,1-2H3,(H2,11,15). The highest BCUT2D eigenvalue weighted by atomic mass is 16.6. The Bertz CT molecular complexity index is 405. The van der Waals surface area contributed by atoms with Gasteiger partial charge in [0, 0.05) is 0 Å². The summed E-state index contributed by atoms with van der Waals surface area (Å²) in [7, 11) is 0. The number of β-amino-alcohol motifs (C(OH)–C–C–N with tert-alkyl or cyclic N) is 1. The summed E-state index contributed by atoms with van der Waals surface area (Å²) in [6.07, 6.45) is -0.703. The molecule has 1 fully saturated rings. The summed E-state index contributed by atoms with van der Waals surface area (Å²) in [4.78, 5) is 23.7. The second kappa shape index (κ2) is 4.39. The first-order valence-electron chi connectivity index (χ1n) is 5.60. The minimum Gasteiger partial charge on any atom is -0.382 e. The van der Waals surface area contributed by atoms with E-state index >= 15 is 0 Å². The third kappa shape index (κ3) is 2.42. The smallest absolute Gasteiger partial charge is 0.239 e. The highest BCUT2D eigenvalue weighted by Gasteiger charge is 2.63. The average Bonchev–Trinajstić information content (AvgIpc) is 2.52. The average molecular weight is 277 g/mol. The van der Waals surface area contributed by atoms with E-state index in [1.807, 2.05) is 0 Å². The van der Waals surface area contributed by atoms with Gasteiger partial charge < -0.3 is 31.1 Å². The zero-order valence-electron chi connectivity index (χ0n) is 10.7. The van der Waals surface area contributed by atoms with Crippen molar-refractivity contribution in [2.45, 2.75) is 43.4 Å². The minimum atomic E-state index is -3.14. The van der Waals surface area contributed by atoms with E-state index in [0.29, 0.717) is 0 Å². The predicted octanol–water partition coefficient (Wildman–Crippen LogP) is -3.83. The van der Waals surface area contributed by atoms with Crippen LogP contribution in [0.3, 0.4) is 0 Å². The molecule has 1 aliphatic heterocycles. The predicted molar refractivity (Wildman–Crippen MR) is 61.9 cm³/mol. The number of hydrogen-bond donors (Lipinski definition) is 6. The van der Waals surface area contributed by atoms with Crippen LogP contribution < -0.4 is 11.5 Å². The molecule has 0 spiro atoms. The molecule has 110 valence electrons. The van der Waals surface area contributed by atoms with Gasteiger partial charge in [0.15, 0.2) is 5.72 Å². The van der Waals surface area contributed by atoms with Crippen molar-refractivity contribution in [2.75, 3.05) is 6.54 Å². The highest BCUT2D eigenvalue weighted by molar-refractivity contribution is 5.88. The monoisotopic (exact) mass is 277 g/mol. The number of carbonyl (C=O) groups excluding carboxylic acids is 2. The first-order chi connectivity index (χ1) is 8.33. The van der Waals surface area contributed by atoms with Gasteiger partial charge in [-0.1, -0.05) is 0 Å². The molecule has 8 N–H and O–H groups in total. The molecule has 1 heterocycles. The summed E-state index contributed by atoms with van der Waals surface area (Å²) < 4.78 is 0. The van der Waals surface area contributed by atoms with Crippen LogP contribution in [0.2, 0.25) is 0 Å². The quantitative estimate of drug-likeness (QED) is 0.286. The number of nitrogens with two attached hydrogens (primary N) is 2. The van der Waals surface area contributed by atoms with Gasteiger partial charge in [0.25, 0.3) is 0 Å². The van der Waals surface area contributed by atoms with E-state index in [0.717, 1.165) is 11.8 Å². The normalized spacial score (nSPS) is 29.2. The van der Waals surface area contributed by atoms with Gasteiger partial charge in [-0.3, -0.25) is 15.3 Å². The van der Waals surface area contributed by atoms with Crippen molar-refractivity contribution >= 4 is 11.8 Å². The van der Waals surface area contributed by atoms with E-state index in [2.05, 4.69) is 0 Å². The first kappa shape index (κ1) is 15.8. The summed E-state index contributed by atoms with van der Waals surface area (Å²) in [6, 6.07) is -1.03. The zero-order chi connectivity index (χ0) is 15.2. The molecule has 9 heteroatoms. The van der Waals surface area contributed by atoms with Gasteiger partial charge in [-0.15, -0.1) is 0 Å². The maximum Gasteiger partial charge on any atom is 0.239 e. The zero-order valence-corrected chi connectivity index (χ0v) is 10.7. The molecule has 0 aromatic carbocycles. The molecule has 3 atom stereocenters. The van der Waals surface area contributed by atoms with E-state index < -0.39 is 47.9 Å². The maximum absolute atomic E-state index is 11.7. The summed E-state index contributed by atoms with van der Waals surface area (Å²) in [5.41, 5.74) is 5.25. The number of carbonyl (C=O) groups is 2. The molecule has 9 nitrogen and oxygen atoms in total. The van der Waals surface area contributed by atoms with Gasteiger partial charge in [-0.05, 0) is 13.8 Å². The summed E-state index contributed by atoms with van der Waals surface area (Å²) >= 11 is 0. The number of amides is 2. The van der Waals surface area contributed by atoms with E-state index in [1.54, 1.807) is 0 Å². The molecule has 1 saturated heterocycles. The van der Waals surface area contributed by atoms with Gasteiger partial charge in [-0.2, -0.15) is 0 Å². The van der Waals surface area contributed by atoms with Crippen LogP contribution in [0.25, 0.3) is 0 Å². The molecular weight excluding hydrogens is 258 g/mol. The number of rotatable bonds is 4. The first-order valence-corrected chi connectivity index (χ1v) is 5.60. The van der Waals surface area contributed by atoms with Crippen LogP contribution in [-0.4, -0.2) is 66.8 Å². The Morgan fingerprint density at radius 1 is 1.47 bits per heavy atom. The molecular formula is C10H19N3O6. The van der Waals surface area contributed by atoms with Crippen molar-refractivity contribution in [1.29, 1.82) is 0 Å². The van der Waals surface area contributed by atoms with Crippen molar-refractivity contribution in [3.05, 3.63) is 0 Å². The fraction of sp³-hybridized carbons (Fsp3) is 0.800. The van der Waals surface area contributed by atoms with Crippen LogP contribution in [0.1, 0.15) is 20.3 Å². The number of aliphatic hydroxyl groups is 4. The fourth-order valence-electron chi connectivity index (χ4n) is 1.99. The number of primary amides is 1. The Labute approximate surface area is 109 Å². The van der Waals surface area contributed by atoms with Crippen LogP contribution in [0.4, 0.5) is 0 Å². The van der Waals surface area contributed by atoms with E-state index in [4.69, 9.17) is 11.5 Å². The molecule has 0 bridgehead atoms. The third-order valence-corrected chi connectivity index (χ3v) is 3.43. The fourth-order valence-corrected chi connectivity index (χ4v) is 1.99. The Kier molecular flexibility index (Phi) is 3.65. The Hall–Kier alpha value is -1.26. The van der Waals surface area contributed by atoms with Gasteiger partial charge in [0.1, 0.15) is 11.6 Å². The number of hydrogen-bond acceptors (Lipinski definition) is 7. The van der Waals surface area contributed by atoms with Gasteiger partial charge in [0.05, 0.1) is 13.0 Å². The minimum absolute atomic E-state index is 0.587. The van der Waals surface area contributed by atoms with Crippen LogP contribution in [0.15, 0.2) is 0 Å². The highest BCUT2D eigenvalue weighted by Crippen LogP contribution is 2.36. The van der Waals surface area contributed by atoms with Gasteiger partial charge >= 0.3 is 0 Å². The van der Waals surface area contributed by atoms with Gasteiger partial charge in [-0.25, -0.2) is 0 Å². The molecule has 3 unspecified atom stereocenters. The lowest BCUT2D eigenvalue weighted by molar-refractivity contribution is -0.341. The van der Waals surface area contributed by atoms with Crippen LogP contribution in [-0.2, 0) is 9.59 Å². The summed E-state index contributed by atoms with van der Waals surface area (Å²) in [5, 5.41) is 39.3. The molecule has 19 heavy (non-hydrogen) atoms. The molecule has 0 saturated carbocycles. The molecule has 1 rings (SSSR count). The number of likely N-dealkylation sites (tertiary alicyclic amines) is 1. The van der Waals surface area contributed by atoms with Crippen molar-refractivity contribution in [1.82, 2.24) is 4.90 Å². The lowest BCUT2D eigenvalue weighted by Gasteiger charge is -2.43. The number of nitrogens with zero attached hydrogens (tertiary/aromatic N) is 1. The van der Waals surface area contributed by atoms with E-state index in [9.17, 15) is 30.0 Å². The second-order valence-corrected chi connectivity index (χ2v) is 5.13. The molecule has 0 radical (unpaired) electrons. The molecule has 0 aromatic rings. The van der Waals surface area contributed by atoms with Crippen LogP contribution >= 0.6 is 0 Å². The molecule has 0 aromatic heterocycles. The van der Waals surface area contributed by atoms with Crippen molar-refractivity contribution in [3.8, 4) is 0 Å². The van der Waals surface area contributed by atoms with Crippen molar-refractivity contribution < 1.29 is 30.0 Å². The lowest BCUT2D eigenvalue weighted by Crippen LogP contribution is -2.71. The Balaban J connectivity index is 3.07. The van der Waals surface area contributed by atoms with Crippen molar-refractivity contribution in [2.24, 2.45) is 11.5 Å². The molecule has 1 aliphatic rings. The summed E-state index contributed by atoms with van der Waals surface area (Å²) in [6.45, 7) is 1.62. The second-order valence-electron chi connectivity index (χ2n) is 5.13.